The number of aromatic nitrogens is 1. The quantitative estimate of drug-likeness (QED) is 0.200. The van der Waals surface area contributed by atoms with Crippen molar-refractivity contribution in [3.05, 3.63) is 41.4 Å². The zero-order valence-electron chi connectivity index (χ0n) is 14.9. The highest BCUT2D eigenvalue weighted by Crippen LogP contribution is 2.34. The monoisotopic (exact) mass is 449 g/mol. The Labute approximate surface area is 181 Å². The second-order valence-electron chi connectivity index (χ2n) is 5.97. The zero-order valence-corrected chi connectivity index (χ0v) is 18.0. The minimum atomic E-state index is -0.168. The molecule has 0 amide bonds. The van der Waals surface area contributed by atoms with E-state index in [9.17, 15) is 0 Å². The summed E-state index contributed by atoms with van der Waals surface area (Å²) in [4.78, 5) is 4.72. The van der Waals surface area contributed by atoms with E-state index < -0.39 is 0 Å². The normalized spacial score (nSPS) is 11.6. The van der Waals surface area contributed by atoms with Gasteiger partial charge in [0.1, 0.15) is 5.75 Å². The first-order chi connectivity index (χ1) is 12.1. The Hall–Kier alpha value is -1.17. The summed E-state index contributed by atoms with van der Waals surface area (Å²) in [6, 6.07) is 11.5. The van der Waals surface area contributed by atoms with E-state index >= 15 is 0 Å². The van der Waals surface area contributed by atoms with E-state index in [0.717, 1.165) is 52.5 Å². The molecule has 1 aromatic heterocycles. The van der Waals surface area contributed by atoms with Crippen molar-refractivity contribution in [3.63, 3.8) is 0 Å². The number of alkyl halides is 1. The summed E-state index contributed by atoms with van der Waals surface area (Å²) in [7, 11) is 1.65. The van der Waals surface area contributed by atoms with Crippen molar-refractivity contribution in [2.45, 2.75) is 25.4 Å². The van der Waals surface area contributed by atoms with Crippen molar-refractivity contribution >= 4 is 75.5 Å². The van der Waals surface area contributed by atoms with Gasteiger partial charge in [-0.3, -0.25) is 0 Å². The van der Waals surface area contributed by atoms with Gasteiger partial charge < -0.3 is 15.8 Å². The third-order valence-corrected chi connectivity index (χ3v) is 4.67. The van der Waals surface area contributed by atoms with Crippen LogP contribution in [0.5, 0.6) is 5.75 Å². The zero-order chi connectivity index (χ0) is 17.8. The lowest BCUT2D eigenvalue weighted by molar-refractivity contribution is 0.415. The third-order valence-electron chi connectivity index (χ3n) is 4.17. The molecule has 0 fully saturated rings. The molecule has 1 heterocycles. The molecule has 0 spiro atoms. The molecule has 148 valence electrons. The summed E-state index contributed by atoms with van der Waals surface area (Å²) in [6.07, 6.45) is 2.61. The summed E-state index contributed by atoms with van der Waals surface area (Å²) in [5.41, 5.74) is 8.95. The fraction of sp³-hybridized carbons (Fsp3) is 0.316. The van der Waals surface area contributed by atoms with E-state index in [1.807, 2.05) is 36.4 Å². The van der Waals surface area contributed by atoms with E-state index in [-0.39, 0.29) is 31.0 Å². The first-order valence-electron chi connectivity index (χ1n) is 8.27. The van der Waals surface area contributed by atoms with Gasteiger partial charge in [-0.05, 0) is 55.7 Å². The van der Waals surface area contributed by atoms with Crippen LogP contribution in [0.1, 0.15) is 19.3 Å². The van der Waals surface area contributed by atoms with Crippen LogP contribution >= 0.6 is 48.0 Å². The highest BCUT2D eigenvalue weighted by molar-refractivity contribution is 6.31. The summed E-state index contributed by atoms with van der Waals surface area (Å²) >= 11 is 11.9. The molecule has 0 aliphatic rings. The molecular formula is C19H23Cl4N3O. The van der Waals surface area contributed by atoms with Gasteiger partial charge in [0.15, 0.2) is 0 Å². The Balaban J connectivity index is 0.00000182. The number of hydrogen-bond acceptors (Lipinski definition) is 4. The van der Waals surface area contributed by atoms with E-state index in [2.05, 4.69) is 5.32 Å². The maximum atomic E-state index is 6.30. The van der Waals surface area contributed by atoms with Gasteiger partial charge in [0.05, 0.1) is 30.0 Å². The molecule has 0 bridgehead atoms. The van der Waals surface area contributed by atoms with Gasteiger partial charge in [0.2, 0.25) is 0 Å². The van der Waals surface area contributed by atoms with E-state index in [1.54, 1.807) is 7.11 Å². The van der Waals surface area contributed by atoms with E-state index in [4.69, 9.17) is 38.7 Å². The number of methoxy groups -OCH3 is 1. The molecule has 0 aliphatic heterocycles. The molecule has 1 unspecified atom stereocenters. The van der Waals surface area contributed by atoms with Crippen molar-refractivity contribution in [1.82, 2.24) is 4.98 Å². The number of ether oxygens (including phenoxy) is 1. The highest BCUT2D eigenvalue weighted by Gasteiger charge is 2.13. The molecule has 3 N–H and O–H groups in total. The molecular weight excluding hydrogens is 428 g/mol. The number of unbranched alkanes of at least 4 members (excludes halogenated alkanes) is 1. The average molecular weight is 451 g/mol. The van der Waals surface area contributed by atoms with Gasteiger partial charge in [-0.25, -0.2) is 4.98 Å². The number of anilines is 1. The Kier molecular flexibility index (Phi) is 9.71. The molecule has 1 atom stereocenters. The molecule has 0 radical (unpaired) electrons. The number of nitrogens with one attached hydrogen (secondary N) is 1. The van der Waals surface area contributed by atoms with Crippen molar-refractivity contribution < 1.29 is 4.74 Å². The molecule has 8 heteroatoms. The topological polar surface area (TPSA) is 60.2 Å². The first-order valence-corrected chi connectivity index (χ1v) is 9.18. The van der Waals surface area contributed by atoms with E-state index in [0.29, 0.717) is 10.9 Å². The number of rotatable bonds is 7. The summed E-state index contributed by atoms with van der Waals surface area (Å²) in [5, 5.41) is 6.07. The number of benzene rings is 2. The molecule has 0 saturated carbocycles. The van der Waals surface area contributed by atoms with Gasteiger partial charge in [-0.1, -0.05) is 11.6 Å². The van der Waals surface area contributed by atoms with Gasteiger partial charge in [-0.2, -0.15) is 0 Å². The van der Waals surface area contributed by atoms with Crippen molar-refractivity contribution in [2.75, 3.05) is 18.3 Å². The molecule has 0 saturated heterocycles. The van der Waals surface area contributed by atoms with Crippen molar-refractivity contribution in [2.24, 2.45) is 5.73 Å². The summed E-state index contributed by atoms with van der Waals surface area (Å²) in [6.45, 7) is 0. The fourth-order valence-electron chi connectivity index (χ4n) is 2.90. The summed E-state index contributed by atoms with van der Waals surface area (Å²) < 4.78 is 5.37. The molecule has 0 aliphatic carbocycles. The van der Waals surface area contributed by atoms with Gasteiger partial charge in [0.25, 0.3) is 0 Å². The van der Waals surface area contributed by atoms with Crippen LogP contribution in [-0.4, -0.2) is 24.1 Å². The predicted molar refractivity (Wildman–Crippen MR) is 121 cm³/mol. The van der Waals surface area contributed by atoms with Crippen molar-refractivity contribution in [3.8, 4) is 5.75 Å². The van der Waals surface area contributed by atoms with Crippen LogP contribution in [0, 0.1) is 0 Å². The van der Waals surface area contributed by atoms with Crippen molar-refractivity contribution in [1.29, 1.82) is 0 Å². The first kappa shape index (κ1) is 23.9. The SMILES string of the molecule is COc1ccc2nc3cc(Cl)ccc3c(NC(N)CCCCCl)c2c1.Cl.Cl. The van der Waals surface area contributed by atoms with Crippen LogP contribution in [-0.2, 0) is 0 Å². The van der Waals surface area contributed by atoms with Crippen LogP contribution in [0.3, 0.4) is 0 Å². The largest absolute Gasteiger partial charge is 0.497 e. The molecule has 27 heavy (non-hydrogen) atoms. The molecule has 2 aromatic carbocycles. The number of halogens is 4. The van der Waals surface area contributed by atoms with Crippen LogP contribution in [0.4, 0.5) is 5.69 Å². The number of fused-ring (bicyclic) bond motifs is 2. The molecule has 3 aromatic rings. The number of nitrogens with zero attached hydrogens (tertiary/aromatic N) is 1. The lowest BCUT2D eigenvalue weighted by Gasteiger charge is -2.19. The smallest absolute Gasteiger partial charge is 0.119 e. The fourth-order valence-corrected chi connectivity index (χ4v) is 3.25. The van der Waals surface area contributed by atoms with Crippen LogP contribution in [0.2, 0.25) is 5.02 Å². The maximum absolute atomic E-state index is 6.30. The van der Waals surface area contributed by atoms with E-state index in [1.165, 1.54) is 0 Å². The average Bonchev–Trinajstić information content (AvgIpc) is 2.61. The molecule has 4 nitrogen and oxygen atoms in total. The van der Waals surface area contributed by atoms with Gasteiger partial charge in [0, 0.05) is 21.7 Å². The third kappa shape index (κ3) is 5.66. The minimum absolute atomic E-state index is 0. The molecule has 3 rings (SSSR count). The number of hydrogen-bond donors (Lipinski definition) is 2. The van der Waals surface area contributed by atoms with Crippen LogP contribution in [0.15, 0.2) is 36.4 Å². The maximum Gasteiger partial charge on any atom is 0.119 e. The van der Waals surface area contributed by atoms with Crippen LogP contribution < -0.4 is 15.8 Å². The van der Waals surface area contributed by atoms with Crippen LogP contribution in [0.25, 0.3) is 21.8 Å². The minimum Gasteiger partial charge on any atom is -0.497 e. The van der Waals surface area contributed by atoms with Gasteiger partial charge >= 0.3 is 0 Å². The Morgan fingerprint density at radius 2 is 1.85 bits per heavy atom. The number of pyridine rings is 1. The predicted octanol–water partition coefficient (Wildman–Crippen LogP) is 6.00. The second kappa shape index (κ2) is 11.0. The highest BCUT2D eigenvalue weighted by atomic mass is 35.5. The lowest BCUT2D eigenvalue weighted by atomic mass is 10.1. The van der Waals surface area contributed by atoms with Gasteiger partial charge in [-0.15, -0.1) is 36.4 Å². The number of nitrogens with two attached hydrogens (primary N) is 1. The lowest BCUT2D eigenvalue weighted by Crippen LogP contribution is -2.29. The Morgan fingerprint density at radius 1 is 1.07 bits per heavy atom. The summed E-state index contributed by atoms with van der Waals surface area (Å²) in [5.74, 6) is 1.44. The Bertz CT molecular complexity index is 892. The Morgan fingerprint density at radius 3 is 2.56 bits per heavy atom. The second-order valence-corrected chi connectivity index (χ2v) is 6.78. The standard InChI is InChI=1S/C19H21Cl2N3O.2ClH/c1-25-13-6-8-16-15(11-13)19(24-18(22)4-2-3-9-20)14-7-5-12(21)10-17(14)23-16;;/h5-8,10-11,18H,2-4,9,22H2,1H3,(H,23,24);2*1H.